The Morgan fingerprint density at radius 1 is 1.35 bits per heavy atom. The van der Waals surface area contributed by atoms with Crippen molar-refractivity contribution in [1.82, 2.24) is 4.98 Å². The first-order valence-electron chi connectivity index (χ1n) is 6.10. The highest BCUT2D eigenvalue weighted by Gasteiger charge is 2.08. The molecular formula is C14H15N3O3. The first kappa shape index (κ1) is 13.8. The number of anilines is 1. The molecule has 2 aromatic rings. The Labute approximate surface area is 116 Å². The van der Waals surface area contributed by atoms with Crippen molar-refractivity contribution in [1.29, 1.82) is 0 Å². The molecule has 0 aliphatic rings. The molecule has 0 atom stereocenters. The lowest BCUT2D eigenvalue weighted by atomic mass is 10.2. The summed E-state index contributed by atoms with van der Waals surface area (Å²) in [7, 11) is 1.80. The lowest BCUT2D eigenvalue weighted by Crippen LogP contribution is -1.99. The number of aromatic nitrogens is 1. The number of nitrogens with one attached hydrogen (secondary N) is 1. The van der Waals surface area contributed by atoms with Gasteiger partial charge in [0.1, 0.15) is 18.2 Å². The molecule has 2 rings (SSSR count). The normalized spacial score (nSPS) is 10.1. The van der Waals surface area contributed by atoms with Crippen LogP contribution in [-0.4, -0.2) is 17.0 Å². The van der Waals surface area contributed by atoms with Crippen LogP contribution in [0.4, 0.5) is 11.5 Å². The Hall–Kier alpha value is -2.63. The van der Waals surface area contributed by atoms with Gasteiger partial charge in [0.25, 0.3) is 5.69 Å². The Kier molecular flexibility index (Phi) is 4.14. The van der Waals surface area contributed by atoms with Crippen LogP contribution >= 0.6 is 0 Å². The third-order valence-corrected chi connectivity index (χ3v) is 2.84. The maximum Gasteiger partial charge on any atom is 0.269 e. The van der Waals surface area contributed by atoms with Crippen LogP contribution in [0.25, 0.3) is 0 Å². The molecule has 1 N–H and O–H groups in total. The van der Waals surface area contributed by atoms with Gasteiger partial charge >= 0.3 is 0 Å². The molecule has 0 bridgehead atoms. The van der Waals surface area contributed by atoms with Gasteiger partial charge in [-0.2, -0.15) is 0 Å². The number of hydrogen-bond acceptors (Lipinski definition) is 5. The topological polar surface area (TPSA) is 77.3 Å². The summed E-state index contributed by atoms with van der Waals surface area (Å²) < 4.78 is 5.65. The zero-order chi connectivity index (χ0) is 14.5. The van der Waals surface area contributed by atoms with Gasteiger partial charge in [0.2, 0.25) is 0 Å². The van der Waals surface area contributed by atoms with E-state index in [0.29, 0.717) is 12.4 Å². The fourth-order valence-corrected chi connectivity index (χ4v) is 1.73. The number of benzene rings is 1. The van der Waals surface area contributed by atoms with Crippen LogP contribution in [0, 0.1) is 17.0 Å². The second-order valence-corrected chi connectivity index (χ2v) is 4.30. The van der Waals surface area contributed by atoms with Gasteiger partial charge in [-0.3, -0.25) is 10.1 Å². The van der Waals surface area contributed by atoms with Gasteiger partial charge in [-0.1, -0.05) is 6.07 Å². The molecule has 0 aliphatic heterocycles. The minimum absolute atomic E-state index is 0.0647. The minimum atomic E-state index is -0.419. The zero-order valence-electron chi connectivity index (χ0n) is 11.3. The average molecular weight is 273 g/mol. The van der Waals surface area contributed by atoms with Crippen molar-refractivity contribution in [3.8, 4) is 5.75 Å². The summed E-state index contributed by atoms with van der Waals surface area (Å²) in [5.41, 5.74) is 1.73. The molecule has 0 aliphatic carbocycles. The van der Waals surface area contributed by atoms with Crippen LogP contribution in [-0.2, 0) is 6.61 Å². The summed E-state index contributed by atoms with van der Waals surface area (Å²) in [4.78, 5) is 14.4. The molecule has 0 saturated carbocycles. The van der Waals surface area contributed by atoms with Crippen molar-refractivity contribution in [2.45, 2.75) is 13.5 Å². The summed E-state index contributed by atoms with van der Waals surface area (Å²) in [6.45, 7) is 2.15. The second-order valence-electron chi connectivity index (χ2n) is 4.30. The van der Waals surface area contributed by atoms with Crippen LogP contribution < -0.4 is 10.1 Å². The van der Waals surface area contributed by atoms with Gasteiger partial charge in [0.05, 0.1) is 4.92 Å². The Morgan fingerprint density at radius 3 is 2.70 bits per heavy atom. The smallest absolute Gasteiger partial charge is 0.269 e. The Morgan fingerprint density at radius 2 is 2.15 bits per heavy atom. The quantitative estimate of drug-likeness (QED) is 0.669. The van der Waals surface area contributed by atoms with E-state index < -0.39 is 4.92 Å². The second kappa shape index (κ2) is 6.01. The first-order chi connectivity index (χ1) is 9.60. The van der Waals surface area contributed by atoms with E-state index in [1.54, 1.807) is 26.2 Å². The van der Waals surface area contributed by atoms with Crippen molar-refractivity contribution >= 4 is 11.5 Å². The standard InChI is InChI=1S/C14H15N3O3/c1-10-7-12(17(18)19)4-5-13(10)20-9-11-3-6-14(15-2)16-8-11/h3-8H,9H2,1-2H3,(H,15,16). The third-order valence-electron chi connectivity index (χ3n) is 2.84. The summed E-state index contributed by atoms with van der Waals surface area (Å²) in [5, 5.41) is 13.6. The van der Waals surface area contributed by atoms with Crippen molar-refractivity contribution in [2.24, 2.45) is 0 Å². The average Bonchev–Trinajstić information content (AvgIpc) is 2.46. The van der Waals surface area contributed by atoms with Crippen LogP contribution in [0.1, 0.15) is 11.1 Å². The molecule has 1 aromatic heterocycles. The number of nitrogens with zero attached hydrogens (tertiary/aromatic N) is 2. The number of rotatable bonds is 5. The number of non-ortho nitro benzene ring substituents is 1. The molecule has 6 nitrogen and oxygen atoms in total. The largest absolute Gasteiger partial charge is 0.489 e. The molecule has 0 saturated heterocycles. The Bertz CT molecular complexity index is 612. The van der Waals surface area contributed by atoms with E-state index in [9.17, 15) is 10.1 Å². The highest BCUT2D eigenvalue weighted by Crippen LogP contribution is 2.24. The van der Waals surface area contributed by atoms with Crippen molar-refractivity contribution in [3.05, 3.63) is 57.8 Å². The molecule has 1 aromatic carbocycles. The van der Waals surface area contributed by atoms with Gasteiger partial charge in [-0.25, -0.2) is 4.98 Å². The fourth-order valence-electron chi connectivity index (χ4n) is 1.73. The van der Waals surface area contributed by atoms with E-state index in [0.717, 1.165) is 16.9 Å². The van der Waals surface area contributed by atoms with Crippen LogP contribution in [0.2, 0.25) is 0 Å². The molecule has 0 amide bonds. The maximum atomic E-state index is 10.7. The van der Waals surface area contributed by atoms with Gasteiger partial charge in [-0.05, 0) is 24.6 Å². The fraction of sp³-hybridized carbons (Fsp3) is 0.214. The summed E-state index contributed by atoms with van der Waals surface area (Å²) in [6, 6.07) is 8.33. The van der Waals surface area contributed by atoms with E-state index in [4.69, 9.17) is 4.74 Å². The number of hydrogen-bond donors (Lipinski definition) is 1. The SMILES string of the molecule is CNc1ccc(COc2ccc([N+](=O)[O-])cc2C)cn1. The predicted octanol–water partition coefficient (Wildman–Crippen LogP) is 2.92. The summed E-state index contributed by atoms with van der Waals surface area (Å²) >= 11 is 0. The maximum absolute atomic E-state index is 10.7. The third kappa shape index (κ3) is 3.23. The summed E-state index contributed by atoms with van der Waals surface area (Å²) in [5.74, 6) is 1.42. The van der Waals surface area contributed by atoms with Gasteiger partial charge in [0.15, 0.2) is 0 Å². The molecular weight excluding hydrogens is 258 g/mol. The number of pyridine rings is 1. The van der Waals surface area contributed by atoms with E-state index in [1.165, 1.54) is 12.1 Å². The molecule has 0 unspecified atom stereocenters. The molecule has 20 heavy (non-hydrogen) atoms. The van der Waals surface area contributed by atoms with Crippen molar-refractivity contribution < 1.29 is 9.66 Å². The van der Waals surface area contributed by atoms with E-state index in [-0.39, 0.29) is 5.69 Å². The van der Waals surface area contributed by atoms with E-state index >= 15 is 0 Å². The molecule has 0 spiro atoms. The minimum Gasteiger partial charge on any atom is -0.489 e. The van der Waals surface area contributed by atoms with Crippen LogP contribution in [0.15, 0.2) is 36.5 Å². The molecule has 0 radical (unpaired) electrons. The zero-order valence-corrected chi connectivity index (χ0v) is 11.3. The lowest BCUT2D eigenvalue weighted by Gasteiger charge is -2.09. The van der Waals surface area contributed by atoms with Gasteiger partial charge in [0, 0.05) is 30.9 Å². The number of nitro groups is 1. The highest BCUT2D eigenvalue weighted by molar-refractivity contribution is 5.43. The number of nitro benzene ring substituents is 1. The summed E-state index contributed by atoms with van der Waals surface area (Å²) in [6.07, 6.45) is 1.73. The number of aryl methyl sites for hydroxylation is 1. The molecule has 6 heteroatoms. The predicted molar refractivity (Wildman–Crippen MR) is 75.9 cm³/mol. The van der Waals surface area contributed by atoms with Gasteiger partial charge < -0.3 is 10.1 Å². The van der Waals surface area contributed by atoms with Crippen molar-refractivity contribution in [2.75, 3.05) is 12.4 Å². The van der Waals surface area contributed by atoms with E-state index in [1.807, 2.05) is 12.1 Å². The van der Waals surface area contributed by atoms with E-state index in [2.05, 4.69) is 10.3 Å². The monoisotopic (exact) mass is 273 g/mol. The Balaban J connectivity index is 2.04. The van der Waals surface area contributed by atoms with Crippen molar-refractivity contribution in [3.63, 3.8) is 0 Å². The first-order valence-corrected chi connectivity index (χ1v) is 6.10. The van der Waals surface area contributed by atoms with Crippen LogP contribution in [0.3, 0.4) is 0 Å². The highest BCUT2D eigenvalue weighted by atomic mass is 16.6. The van der Waals surface area contributed by atoms with Crippen LogP contribution in [0.5, 0.6) is 5.75 Å². The lowest BCUT2D eigenvalue weighted by molar-refractivity contribution is -0.384. The van der Waals surface area contributed by atoms with Gasteiger partial charge in [-0.15, -0.1) is 0 Å². The number of ether oxygens (including phenoxy) is 1. The molecule has 0 fully saturated rings. The molecule has 1 heterocycles. The molecule has 104 valence electrons.